The van der Waals surface area contributed by atoms with E-state index in [1.165, 1.54) is 16.3 Å². The number of nitrogens with one attached hydrogen (secondary N) is 1. The van der Waals surface area contributed by atoms with Gasteiger partial charge in [0.05, 0.1) is 0 Å². The Labute approximate surface area is 108 Å². The smallest absolute Gasteiger partial charge is 0.133 e. The van der Waals surface area contributed by atoms with Crippen LogP contribution < -0.4 is 11.1 Å². The average Bonchev–Trinajstić information content (AvgIpc) is 2.38. The van der Waals surface area contributed by atoms with Crippen LogP contribution in [-0.2, 0) is 0 Å². The molecule has 2 rings (SSSR count). The standard InChI is InChI=1S/C15H21N3/c1-11(2)13-5-4-12-6-9-18-15(14(12)10-13)17-8-3-7-16/h4-6,9-11H,3,7-8,16H2,1-2H3,(H,17,18). The number of fused-ring (bicyclic) bond motifs is 1. The van der Waals surface area contributed by atoms with Gasteiger partial charge in [-0.25, -0.2) is 4.98 Å². The van der Waals surface area contributed by atoms with Crippen LogP contribution in [-0.4, -0.2) is 18.1 Å². The highest BCUT2D eigenvalue weighted by atomic mass is 15.0. The van der Waals surface area contributed by atoms with Crippen LogP contribution in [0.15, 0.2) is 30.5 Å². The Bertz CT molecular complexity index is 520. The molecule has 0 saturated heterocycles. The number of nitrogens with zero attached hydrogens (tertiary/aromatic N) is 1. The molecular formula is C15H21N3. The van der Waals surface area contributed by atoms with Gasteiger partial charge in [-0.3, -0.25) is 0 Å². The summed E-state index contributed by atoms with van der Waals surface area (Å²) in [6, 6.07) is 8.64. The van der Waals surface area contributed by atoms with E-state index >= 15 is 0 Å². The number of aromatic nitrogens is 1. The lowest BCUT2D eigenvalue weighted by Gasteiger charge is -2.11. The zero-order chi connectivity index (χ0) is 13.0. The highest BCUT2D eigenvalue weighted by Crippen LogP contribution is 2.25. The summed E-state index contributed by atoms with van der Waals surface area (Å²) in [6.45, 7) is 5.99. The molecule has 1 aromatic heterocycles. The number of anilines is 1. The van der Waals surface area contributed by atoms with E-state index in [-0.39, 0.29) is 0 Å². The molecule has 3 N–H and O–H groups in total. The number of benzene rings is 1. The van der Waals surface area contributed by atoms with E-state index in [2.05, 4.69) is 42.3 Å². The van der Waals surface area contributed by atoms with Gasteiger partial charge in [0.1, 0.15) is 5.82 Å². The van der Waals surface area contributed by atoms with Gasteiger partial charge in [0.25, 0.3) is 0 Å². The molecule has 0 aliphatic carbocycles. The summed E-state index contributed by atoms with van der Waals surface area (Å²) < 4.78 is 0. The van der Waals surface area contributed by atoms with Crippen molar-refractivity contribution in [1.29, 1.82) is 0 Å². The van der Waals surface area contributed by atoms with E-state index in [0.29, 0.717) is 12.5 Å². The molecule has 3 heteroatoms. The molecule has 0 atom stereocenters. The van der Waals surface area contributed by atoms with E-state index in [9.17, 15) is 0 Å². The number of hydrogen-bond acceptors (Lipinski definition) is 3. The average molecular weight is 243 g/mol. The maximum absolute atomic E-state index is 5.51. The highest BCUT2D eigenvalue weighted by molar-refractivity contribution is 5.92. The summed E-state index contributed by atoms with van der Waals surface area (Å²) in [5, 5.41) is 5.79. The molecule has 0 fully saturated rings. The van der Waals surface area contributed by atoms with Crippen molar-refractivity contribution in [3.63, 3.8) is 0 Å². The predicted octanol–water partition coefficient (Wildman–Crippen LogP) is 3.12. The molecule has 0 saturated carbocycles. The van der Waals surface area contributed by atoms with Crippen molar-refractivity contribution < 1.29 is 0 Å². The van der Waals surface area contributed by atoms with Gasteiger partial charge in [0.2, 0.25) is 0 Å². The van der Waals surface area contributed by atoms with E-state index in [4.69, 9.17) is 5.73 Å². The van der Waals surface area contributed by atoms with E-state index < -0.39 is 0 Å². The second-order valence-corrected chi connectivity index (χ2v) is 4.86. The predicted molar refractivity (Wildman–Crippen MR) is 78.0 cm³/mol. The van der Waals surface area contributed by atoms with Crippen LogP contribution in [0.4, 0.5) is 5.82 Å². The quantitative estimate of drug-likeness (QED) is 0.793. The molecule has 1 heterocycles. The molecule has 1 aromatic carbocycles. The lowest BCUT2D eigenvalue weighted by molar-refractivity contribution is 0.866. The zero-order valence-corrected chi connectivity index (χ0v) is 11.1. The van der Waals surface area contributed by atoms with Crippen molar-refractivity contribution in [3.8, 4) is 0 Å². The minimum absolute atomic E-state index is 0.534. The van der Waals surface area contributed by atoms with Crippen LogP contribution in [0.25, 0.3) is 10.8 Å². The van der Waals surface area contributed by atoms with Gasteiger partial charge in [-0.05, 0) is 42.0 Å². The normalized spacial score (nSPS) is 11.1. The van der Waals surface area contributed by atoms with E-state index in [0.717, 1.165) is 18.8 Å². The van der Waals surface area contributed by atoms with Crippen molar-refractivity contribution in [2.24, 2.45) is 5.73 Å². The van der Waals surface area contributed by atoms with Gasteiger partial charge in [0.15, 0.2) is 0 Å². The van der Waals surface area contributed by atoms with Crippen LogP contribution in [0, 0.1) is 0 Å². The maximum atomic E-state index is 5.51. The molecule has 0 unspecified atom stereocenters. The first-order chi connectivity index (χ1) is 8.72. The molecule has 0 aliphatic rings. The van der Waals surface area contributed by atoms with Gasteiger partial charge in [0, 0.05) is 18.1 Å². The Morgan fingerprint density at radius 3 is 2.83 bits per heavy atom. The second kappa shape index (κ2) is 5.83. The highest BCUT2D eigenvalue weighted by Gasteiger charge is 2.05. The van der Waals surface area contributed by atoms with Crippen molar-refractivity contribution >= 4 is 16.6 Å². The summed E-state index contributed by atoms with van der Waals surface area (Å²) in [7, 11) is 0. The monoisotopic (exact) mass is 243 g/mol. The van der Waals surface area contributed by atoms with Crippen molar-refractivity contribution in [2.45, 2.75) is 26.2 Å². The third kappa shape index (κ3) is 2.79. The SMILES string of the molecule is CC(C)c1ccc2ccnc(NCCCN)c2c1. The number of hydrogen-bond donors (Lipinski definition) is 2. The van der Waals surface area contributed by atoms with Crippen molar-refractivity contribution in [3.05, 3.63) is 36.0 Å². The molecule has 0 aliphatic heterocycles. The Kier molecular flexibility index (Phi) is 4.15. The van der Waals surface area contributed by atoms with Gasteiger partial charge in [-0.15, -0.1) is 0 Å². The van der Waals surface area contributed by atoms with E-state index in [1.54, 1.807) is 0 Å². The maximum Gasteiger partial charge on any atom is 0.133 e. The molecule has 2 aromatic rings. The summed E-state index contributed by atoms with van der Waals surface area (Å²) in [6.07, 6.45) is 2.81. The Morgan fingerprint density at radius 2 is 2.11 bits per heavy atom. The van der Waals surface area contributed by atoms with Gasteiger partial charge in [-0.1, -0.05) is 26.0 Å². The summed E-state index contributed by atoms with van der Waals surface area (Å²) >= 11 is 0. The first kappa shape index (κ1) is 12.8. The lowest BCUT2D eigenvalue weighted by atomic mass is 10.00. The molecule has 0 bridgehead atoms. The summed E-state index contributed by atoms with van der Waals surface area (Å²) in [5.41, 5.74) is 6.85. The summed E-state index contributed by atoms with van der Waals surface area (Å²) in [4.78, 5) is 4.43. The van der Waals surface area contributed by atoms with Crippen LogP contribution >= 0.6 is 0 Å². The molecule has 0 amide bonds. The molecule has 96 valence electrons. The van der Waals surface area contributed by atoms with Crippen molar-refractivity contribution in [2.75, 3.05) is 18.4 Å². The topological polar surface area (TPSA) is 50.9 Å². The molecule has 0 radical (unpaired) electrons. The first-order valence-electron chi connectivity index (χ1n) is 6.55. The van der Waals surface area contributed by atoms with Crippen LogP contribution in [0.5, 0.6) is 0 Å². The minimum Gasteiger partial charge on any atom is -0.370 e. The zero-order valence-electron chi connectivity index (χ0n) is 11.1. The largest absolute Gasteiger partial charge is 0.370 e. The number of rotatable bonds is 5. The molecular weight excluding hydrogens is 222 g/mol. The van der Waals surface area contributed by atoms with Crippen molar-refractivity contribution in [1.82, 2.24) is 4.98 Å². The Balaban J connectivity index is 2.36. The fourth-order valence-corrected chi connectivity index (χ4v) is 1.99. The lowest BCUT2D eigenvalue weighted by Crippen LogP contribution is -2.09. The van der Waals surface area contributed by atoms with Gasteiger partial charge >= 0.3 is 0 Å². The number of pyridine rings is 1. The number of nitrogens with two attached hydrogens (primary N) is 1. The van der Waals surface area contributed by atoms with Crippen LogP contribution in [0.3, 0.4) is 0 Å². The van der Waals surface area contributed by atoms with Crippen LogP contribution in [0.1, 0.15) is 31.7 Å². The fraction of sp³-hybridized carbons (Fsp3) is 0.400. The summed E-state index contributed by atoms with van der Waals surface area (Å²) in [5.74, 6) is 1.50. The molecule has 3 nitrogen and oxygen atoms in total. The molecule has 18 heavy (non-hydrogen) atoms. The van der Waals surface area contributed by atoms with Gasteiger partial charge < -0.3 is 11.1 Å². The Hall–Kier alpha value is -1.61. The minimum atomic E-state index is 0.534. The van der Waals surface area contributed by atoms with Gasteiger partial charge in [-0.2, -0.15) is 0 Å². The fourth-order valence-electron chi connectivity index (χ4n) is 1.99. The Morgan fingerprint density at radius 1 is 1.28 bits per heavy atom. The third-order valence-corrected chi connectivity index (χ3v) is 3.13. The second-order valence-electron chi connectivity index (χ2n) is 4.86. The third-order valence-electron chi connectivity index (χ3n) is 3.13. The molecule has 0 spiro atoms. The first-order valence-corrected chi connectivity index (χ1v) is 6.55. The van der Waals surface area contributed by atoms with E-state index in [1.807, 2.05) is 12.3 Å². The van der Waals surface area contributed by atoms with Crippen LogP contribution in [0.2, 0.25) is 0 Å².